The molecule has 0 amide bonds. The summed E-state index contributed by atoms with van der Waals surface area (Å²) in [7, 11) is -4.41. The topological polar surface area (TPSA) is 52.6 Å². The van der Waals surface area contributed by atoms with Crippen molar-refractivity contribution in [3.8, 4) is 0 Å². The van der Waals surface area contributed by atoms with E-state index in [9.17, 15) is 21.6 Å². The van der Waals surface area contributed by atoms with E-state index in [0.29, 0.717) is 0 Å². The highest BCUT2D eigenvalue weighted by Gasteiger charge is 2.48. The van der Waals surface area contributed by atoms with Gasteiger partial charge < -0.3 is 4.74 Å². The largest absolute Gasteiger partial charge is 0.523 e. The van der Waals surface area contributed by atoms with Gasteiger partial charge in [-0.25, -0.2) is 0 Å². The molecule has 1 aromatic rings. The summed E-state index contributed by atoms with van der Waals surface area (Å²) in [6.45, 7) is -0.306. The molecule has 0 bridgehead atoms. The lowest BCUT2D eigenvalue weighted by Gasteiger charge is -2.18. The van der Waals surface area contributed by atoms with Crippen LogP contribution in [0.15, 0.2) is 30.3 Å². The fraction of sp³-hybridized carbons (Fsp3) is 0.400. The summed E-state index contributed by atoms with van der Waals surface area (Å²) < 4.78 is 67.2. The summed E-state index contributed by atoms with van der Waals surface area (Å²) in [4.78, 5) is 0. The van der Waals surface area contributed by atoms with Crippen molar-refractivity contribution in [2.45, 2.75) is 11.6 Å². The third-order valence-electron chi connectivity index (χ3n) is 2.02. The lowest BCUT2D eigenvalue weighted by Crippen LogP contribution is -2.28. The number of hydrogen-bond donors (Lipinski definition) is 0. The Morgan fingerprint density at radius 1 is 1.22 bits per heavy atom. The molecular weight excluding hydrogens is 273 g/mol. The first kappa shape index (κ1) is 14.9. The maximum atomic E-state index is 12.2. The minimum atomic E-state index is -5.65. The zero-order valence-electron chi connectivity index (χ0n) is 9.35. The van der Waals surface area contributed by atoms with Crippen molar-refractivity contribution in [3.63, 3.8) is 0 Å². The summed E-state index contributed by atoms with van der Waals surface area (Å²) in [6.07, 6.45) is -1.33. The molecule has 0 aromatic heterocycles. The second-order valence-corrected chi connectivity index (χ2v) is 4.91. The quantitative estimate of drug-likeness (QED) is 0.614. The fourth-order valence-corrected chi connectivity index (χ4v) is 1.79. The Morgan fingerprint density at radius 2 is 1.78 bits per heavy atom. The molecule has 1 atom stereocenters. The average molecular weight is 284 g/mol. The smallest absolute Gasteiger partial charge is 0.382 e. The molecule has 0 aliphatic carbocycles. The van der Waals surface area contributed by atoms with Gasteiger partial charge in [0.2, 0.25) is 0 Å². The normalized spacial score (nSPS) is 14.4. The van der Waals surface area contributed by atoms with Gasteiger partial charge in [0.1, 0.15) is 6.10 Å². The summed E-state index contributed by atoms with van der Waals surface area (Å²) in [5, 5.41) is 0. The van der Waals surface area contributed by atoms with Crippen LogP contribution in [-0.4, -0.2) is 27.6 Å². The molecule has 0 N–H and O–H groups in total. The molecular formula is C10H11F3O4S. The molecule has 0 aliphatic rings. The molecule has 4 nitrogen and oxygen atoms in total. The minimum absolute atomic E-state index is 0.284. The zero-order valence-corrected chi connectivity index (χ0v) is 10.2. The first-order valence-corrected chi connectivity index (χ1v) is 6.22. The van der Waals surface area contributed by atoms with E-state index in [1.807, 2.05) is 0 Å². The first-order chi connectivity index (χ1) is 8.28. The summed E-state index contributed by atoms with van der Waals surface area (Å²) in [6, 6.07) is 7.67. The number of hydrogen-bond acceptors (Lipinski definition) is 4. The Kier molecular flexibility index (Phi) is 4.71. The van der Waals surface area contributed by atoms with Crippen molar-refractivity contribution in [3.05, 3.63) is 35.9 Å². The van der Waals surface area contributed by atoms with Crippen molar-refractivity contribution in [1.82, 2.24) is 0 Å². The van der Waals surface area contributed by atoms with Crippen molar-refractivity contribution < 1.29 is 30.5 Å². The molecule has 0 saturated carbocycles. The number of methoxy groups -OCH3 is 1. The van der Waals surface area contributed by atoms with Gasteiger partial charge in [0.25, 0.3) is 0 Å². The van der Waals surface area contributed by atoms with Gasteiger partial charge in [-0.05, 0) is 5.56 Å². The highest BCUT2D eigenvalue weighted by atomic mass is 32.2. The number of benzene rings is 1. The molecule has 0 radical (unpaired) electrons. The van der Waals surface area contributed by atoms with Gasteiger partial charge in [-0.3, -0.25) is 4.18 Å². The van der Waals surface area contributed by atoms with Crippen LogP contribution in [0.3, 0.4) is 0 Å². The Hall–Kier alpha value is -1.12. The van der Waals surface area contributed by atoms with Crippen LogP contribution in [-0.2, 0) is 19.0 Å². The van der Waals surface area contributed by atoms with Crippen molar-refractivity contribution in [2.75, 3.05) is 13.7 Å². The molecule has 18 heavy (non-hydrogen) atoms. The van der Waals surface area contributed by atoms with Crippen LogP contribution in [0.1, 0.15) is 11.7 Å². The molecule has 0 aliphatic heterocycles. The van der Waals surface area contributed by atoms with Gasteiger partial charge in [-0.15, -0.1) is 0 Å². The van der Waals surface area contributed by atoms with Gasteiger partial charge in [0.05, 0.1) is 6.61 Å². The maximum absolute atomic E-state index is 12.2. The van der Waals surface area contributed by atoms with Crippen LogP contribution in [0.4, 0.5) is 13.2 Å². The predicted molar refractivity (Wildman–Crippen MR) is 57.1 cm³/mol. The fourth-order valence-electron chi connectivity index (χ4n) is 1.21. The predicted octanol–water partition coefficient (Wildman–Crippen LogP) is 2.24. The molecule has 1 rings (SSSR count). The Morgan fingerprint density at radius 3 is 2.22 bits per heavy atom. The van der Waals surface area contributed by atoms with Crippen LogP contribution < -0.4 is 0 Å². The average Bonchev–Trinajstić information content (AvgIpc) is 2.28. The minimum Gasteiger partial charge on any atom is -0.382 e. The van der Waals surface area contributed by atoms with E-state index in [4.69, 9.17) is 0 Å². The second-order valence-electron chi connectivity index (χ2n) is 3.35. The van der Waals surface area contributed by atoms with Gasteiger partial charge >= 0.3 is 15.6 Å². The number of ether oxygens (including phenoxy) is 1. The van der Waals surface area contributed by atoms with Gasteiger partial charge in [0, 0.05) is 7.11 Å². The highest BCUT2D eigenvalue weighted by Crippen LogP contribution is 2.30. The Balaban J connectivity index is 2.96. The monoisotopic (exact) mass is 284 g/mol. The Bertz CT molecular complexity index is 470. The van der Waals surface area contributed by atoms with E-state index >= 15 is 0 Å². The molecule has 0 fully saturated rings. The molecule has 1 unspecified atom stereocenters. The lowest BCUT2D eigenvalue weighted by molar-refractivity contribution is -0.0601. The van der Waals surface area contributed by atoms with E-state index in [1.54, 1.807) is 18.2 Å². The van der Waals surface area contributed by atoms with Crippen molar-refractivity contribution >= 4 is 10.1 Å². The third-order valence-corrected chi connectivity index (χ3v) is 3.07. The van der Waals surface area contributed by atoms with Gasteiger partial charge in [-0.2, -0.15) is 21.6 Å². The molecule has 0 heterocycles. The first-order valence-electron chi connectivity index (χ1n) is 4.81. The van der Waals surface area contributed by atoms with E-state index in [-0.39, 0.29) is 12.2 Å². The third kappa shape index (κ3) is 3.69. The molecule has 1 aromatic carbocycles. The van der Waals surface area contributed by atoms with E-state index in [0.717, 1.165) is 0 Å². The van der Waals surface area contributed by atoms with E-state index in [2.05, 4.69) is 8.92 Å². The van der Waals surface area contributed by atoms with Gasteiger partial charge in [-0.1, -0.05) is 30.3 Å². The second kappa shape index (κ2) is 5.68. The van der Waals surface area contributed by atoms with Crippen LogP contribution in [0.5, 0.6) is 0 Å². The SMILES string of the molecule is COCC(OS(=O)(=O)C(F)(F)F)c1ccccc1. The molecule has 0 saturated heterocycles. The van der Waals surface area contributed by atoms with Gasteiger partial charge in [0.15, 0.2) is 0 Å². The van der Waals surface area contributed by atoms with Crippen LogP contribution in [0.25, 0.3) is 0 Å². The summed E-state index contributed by atoms with van der Waals surface area (Å²) >= 11 is 0. The highest BCUT2D eigenvalue weighted by molar-refractivity contribution is 7.87. The number of rotatable bonds is 5. The number of alkyl halides is 3. The lowest BCUT2D eigenvalue weighted by atomic mass is 10.1. The van der Waals surface area contributed by atoms with Crippen molar-refractivity contribution in [2.24, 2.45) is 0 Å². The van der Waals surface area contributed by atoms with Crippen LogP contribution in [0.2, 0.25) is 0 Å². The molecule has 0 spiro atoms. The Labute approximate surface area is 102 Å². The van der Waals surface area contributed by atoms with E-state index in [1.165, 1.54) is 19.2 Å². The summed E-state index contributed by atoms with van der Waals surface area (Å²) in [5.74, 6) is 0. The standard InChI is InChI=1S/C10H11F3O4S/c1-16-7-9(8-5-3-2-4-6-8)17-18(14,15)10(11,12)13/h2-6,9H,7H2,1H3. The maximum Gasteiger partial charge on any atom is 0.523 e. The van der Waals surface area contributed by atoms with E-state index < -0.39 is 21.7 Å². The molecule has 8 heteroatoms. The van der Waals surface area contributed by atoms with Crippen LogP contribution >= 0.6 is 0 Å². The van der Waals surface area contributed by atoms with Crippen molar-refractivity contribution in [1.29, 1.82) is 0 Å². The van der Waals surface area contributed by atoms with Crippen LogP contribution in [0, 0.1) is 0 Å². The molecule has 102 valence electrons. The summed E-state index contributed by atoms with van der Waals surface area (Å²) in [5.41, 5.74) is -5.17. The number of halogens is 3. The zero-order chi connectivity index (χ0) is 13.8.